The van der Waals surface area contributed by atoms with Crippen molar-refractivity contribution in [1.82, 2.24) is 15.2 Å². The molecule has 1 fully saturated rings. The third-order valence-electron chi connectivity index (χ3n) is 6.80. The van der Waals surface area contributed by atoms with E-state index in [0.717, 1.165) is 41.5 Å². The maximum atomic E-state index is 13.0. The van der Waals surface area contributed by atoms with Gasteiger partial charge in [-0.05, 0) is 48.5 Å². The van der Waals surface area contributed by atoms with Crippen LogP contribution in [0.3, 0.4) is 0 Å². The number of hydrogen-bond acceptors (Lipinski definition) is 9. The zero-order valence-electron chi connectivity index (χ0n) is 22.6. The number of aromatic nitrogens is 1. The maximum absolute atomic E-state index is 13.0. The van der Waals surface area contributed by atoms with Gasteiger partial charge in [0, 0.05) is 39.3 Å². The summed E-state index contributed by atoms with van der Waals surface area (Å²) < 4.78 is 39.9. The van der Waals surface area contributed by atoms with Crippen LogP contribution in [0.25, 0.3) is 10.2 Å². The molecule has 2 heterocycles. The molecular formula is C28H30ClN5O5S2. The van der Waals surface area contributed by atoms with E-state index in [1.807, 2.05) is 12.1 Å². The molecule has 5 rings (SSSR count). The molecule has 4 aromatic rings. The van der Waals surface area contributed by atoms with Crippen molar-refractivity contribution >= 4 is 59.9 Å². The summed E-state index contributed by atoms with van der Waals surface area (Å²) in [6.45, 7) is 4.35. The molecule has 0 aliphatic carbocycles. The number of carbonyl (C=O) groups is 1. The molecule has 1 aliphatic heterocycles. The quantitative estimate of drug-likeness (QED) is 0.271. The van der Waals surface area contributed by atoms with Gasteiger partial charge >= 0.3 is 0 Å². The molecule has 3 aromatic carbocycles. The molecule has 10 nitrogen and oxygen atoms in total. The van der Waals surface area contributed by atoms with Crippen LogP contribution in [-0.2, 0) is 10.0 Å². The lowest BCUT2D eigenvalue weighted by atomic mass is 10.1. The van der Waals surface area contributed by atoms with Crippen molar-refractivity contribution in [2.75, 3.05) is 63.1 Å². The molecule has 0 spiro atoms. The van der Waals surface area contributed by atoms with E-state index in [-0.39, 0.29) is 22.1 Å². The number of thiazole rings is 1. The number of methoxy groups -OCH3 is 2. The summed E-state index contributed by atoms with van der Waals surface area (Å²) in [5.41, 5.74) is 1.24. The van der Waals surface area contributed by atoms with Gasteiger partial charge in [0.2, 0.25) is 0 Å². The van der Waals surface area contributed by atoms with Gasteiger partial charge in [-0.2, -0.15) is 0 Å². The molecule has 1 saturated heterocycles. The van der Waals surface area contributed by atoms with Crippen molar-refractivity contribution in [3.05, 3.63) is 71.2 Å². The SMILES string of the molecule is COc1ccc(S(=O)(=O)Nc2ccccc2C(=O)NCCN2CCN(c3nc4c(OC)c(Cl)ccc4s3)CC2)cc1. The number of hydrogen-bond donors (Lipinski definition) is 2. The van der Waals surface area contributed by atoms with E-state index in [2.05, 4.69) is 19.8 Å². The van der Waals surface area contributed by atoms with Crippen LogP contribution < -0.4 is 24.4 Å². The zero-order chi connectivity index (χ0) is 29.0. The summed E-state index contributed by atoms with van der Waals surface area (Å²) in [5, 5.41) is 4.40. The highest BCUT2D eigenvalue weighted by Gasteiger charge is 2.22. The number of nitrogens with zero attached hydrogens (tertiary/aromatic N) is 3. The number of carbonyl (C=O) groups excluding carboxylic acids is 1. The van der Waals surface area contributed by atoms with E-state index in [4.69, 9.17) is 26.1 Å². The van der Waals surface area contributed by atoms with Gasteiger partial charge in [0.1, 0.15) is 11.3 Å². The van der Waals surface area contributed by atoms with Gasteiger partial charge in [-0.15, -0.1) is 0 Å². The van der Waals surface area contributed by atoms with Crippen molar-refractivity contribution in [2.24, 2.45) is 0 Å². The highest BCUT2D eigenvalue weighted by atomic mass is 35.5. The van der Waals surface area contributed by atoms with E-state index < -0.39 is 10.0 Å². The number of ether oxygens (including phenoxy) is 2. The molecular weight excluding hydrogens is 586 g/mol. The maximum Gasteiger partial charge on any atom is 0.261 e. The van der Waals surface area contributed by atoms with Crippen LogP contribution in [-0.4, -0.2) is 77.7 Å². The summed E-state index contributed by atoms with van der Waals surface area (Å²) in [5.74, 6) is 0.794. The van der Waals surface area contributed by atoms with Crippen LogP contribution in [0, 0.1) is 0 Å². The highest BCUT2D eigenvalue weighted by molar-refractivity contribution is 7.92. The number of sulfonamides is 1. The predicted octanol–water partition coefficient (Wildman–Crippen LogP) is 4.32. The Morgan fingerprint density at radius 1 is 1.00 bits per heavy atom. The van der Waals surface area contributed by atoms with Crippen molar-refractivity contribution in [2.45, 2.75) is 4.90 Å². The van der Waals surface area contributed by atoms with Crippen LogP contribution in [0.1, 0.15) is 10.4 Å². The zero-order valence-corrected chi connectivity index (χ0v) is 25.0. The van der Waals surface area contributed by atoms with Crippen molar-refractivity contribution in [3.63, 3.8) is 0 Å². The number of piperazine rings is 1. The molecule has 2 N–H and O–H groups in total. The first-order chi connectivity index (χ1) is 19.8. The second kappa shape index (κ2) is 12.5. The fourth-order valence-corrected chi connectivity index (χ4v) is 6.90. The fraction of sp³-hybridized carbons (Fsp3) is 0.286. The van der Waals surface area contributed by atoms with Crippen LogP contribution >= 0.6 is 22.9 Å². The lowest BCUT2D eigenvalue weighted by molar-refractivity contribution is 0.0948. The third kappa shape index (κ3) is 6.51. The Hall–Kier alpha value is -3.58. The summed E-state index contributed by atoms with van der Waals surface area (Å²) in [6, 6.07) is 16.4. The molecule has 0 radical (unpaired) electrons. The average Bonchev–Trinajstić information content (AvgIpc) is 3.42. The molecule has 41 heavy (non-hydrogen) atoms. The van der Waals surface area contributed by atoms with Gasteiger partial charge < -0.3 is 19.7 Å². The Morgan fingerprint density at radius 2 is 1.73 bits per heavy atom. The standard InChI is InChI=1S/C28H30ClN5O5S2/c1-38-19-7-9-20(10-8-19)41(36,37)32-23-6-4-3-5-21(23)27(35)30-13-14-33-15-17-34(18-16-33)28-31-25-24(40-28)12-11-22(29)26(25)39-2/h3-12,32H,13-18H2,1-2H3,(H,30,35). The van der Waals surface area contributed by atoms with Gasteiger partial charge in [-0.3, -0.25) is 14.4 Å². The van der Waals surface area contributed by atoms with E-state index >= 15 is 0 Å². The van der Waals surface area contributed by atoms with Gasteiger partial charge in [-0.25, -0.2) is 13.4 Å². The van der Waals surface area contributed by atoms with Crippen molar-refractivity contribution < 1.29 is 22.7 Å². The fourth-order valence-electron chi connectivity index (χ4n) is 4.58. The van der Waals surface area contributed by atoms with Crippen LogP contribution in [0.5, 0.6) is 11.5 Å². The van der Waals surface area contributed by atoms with Crippen molar-refractivity contribution in [1.29, 1.82) is 0 Å². The Morgan fingerprint density at radius 3 is 2.44 bits per heavy atom. The lowest BCUT2D eigenvalue weighted by Gasteiger charge is -2.34. The molecule has 1 amide bonds. The second-order valence-corrected chi connectivity index (χ2v) is 12.4. The van der Waals surface area contributed by atoms with Crippen LogP contribution in [0.2, 0.25) is 5.02 Å². The number of para-hydroxylation sites is 1. The van der Waals surface area contributed by atoms with Gasteiger partial charge in [0.25, 0.3) is 15.9 Å². The first-order valence-corrected chi connectivity index (χ1v) is 15.6. The summed E-state index contributed by atoms with van der Waals surface area (Å²) >= 11 is 7.87. The molecule has 216 valence electrons. The monoisotopic (exact) mass is 615 g/mol. The Bertz CT molecular complexity index is 1640. The summed E-state index contributed by atoms with van der Waals surface area (Å²) in [7, 11) is -0.788. The molecule has 0 unspecified atom stereocenters. The Labute approximate surface area is 247 Å². The predicted molar refractivity (Wildman–Crippen MR) is 162 cm³/mol. The minimum absolute atomic E-state index is 0.0708. The molecule has 0 saturated carbocycles. The molecule has 1 aromatic heterocycles. The summed E-state index contributed by atoms with van der Waals surface area (Å²) in [4.78, 5) is 22.4. The molecule has 1 aliphatic rings. The molecule has 0 bridgehead atoms. The number of amides is 1. The molecule has 0 atom stereocenters. The van der Waals surface area contributed by atoms with Gasteiger partial charge in [0.15, 0.2) is 10.9 Å². The number of benzene rings is 3. The van der Waals surface area contributed by atoms with E-state index in [9.17, 15) is 13.2 Å². The Balaban J connectivity index is 1.14. The van der Waals surface area contributed by atoms with Crippen molar-refractivity contribution in [3.8, 4) is 11.5 Å². The average molecular weight is 616 g/mol. The second-order valence-electron chi connectivity index (χ2n) is 9.34. The first kappa shape index (κ1) is 28.9. The Kier molecular flexibility index (Phi) is 8.83. The lowest BCUT2D eigenvalue weighted by Crippen LogP contribution is -2.48. The van der Waals surface area contributed by atoms with E-state index in [1.165, 1.54) is 19.2 Å². The number of rotatable bonds is 10. The highest BCUT2D eigenvalue weighted by Crippen LogP contribution is 2.38. The number of anilines is 2. The number of nitrogens with one attached hydrogen (secondary N) is 2. The van der Waals surface area contributed by atoms with E-state index in [0.29, 0.717) is 29.6 Å². The molecule has 13 heteroatoms. The topological polar surface area (TPSA) is 113 Å². The van der Waals surface area contributed by atoms with Gasteiger partial charge in [-0.1, -0.05) is 35.1 Å². The number of fused-ring (bicyclic) bond motifs is 1. The normalized spacial score (nSPS) is 14.2. The van der Waals surface area contributed by atoms with Crippen LogP contribution in [0.15, 0.2) is 65.6 Å². The summed E-state index contributed by atoms with van der Waals surface area (Å²) in [6.07, 6.45) is 0. The smallest absolute Gasteiger partial charge is 0.261 e. The van der Waals surface area contributed by atoms with E-state index in [1.54, 1.807) is 54.8 Å². The number of halogens is 1. The third-order valence-corrected chi connectivity index (χ3v) is 9.56. The minimum Gasteiger partial charge on any atom is -0.497 e. The largest absolute Gasteiger partial charge is 0.497 e. The van der Waals surface area contributed by atoms with Gasteiger partial charge in [0.05, 0.1) is 40.1 Å². The minimum atomic E-state index is -3.89. The van der Waals surface area contributed by atoms with Crippen LogP contribution in [0.4, 0.5) is 10.8 Å². The first-order valence-electron chi connectivity index (χ1n) is 12.9.